The van der Waals surface area contributed by atoms with Crippen molar-refractivity contribution in [2.24, 2.45) is 5.10 Å². The third-order valence-electron chi connectivity index (χ3n) is 3.88. The highest BCUT2D eigenvalue weighted by atomic mass is 16.5. The van der Waals surface area contributed by atoms with Crippen LogP contribution in [0.2, 0.25) is 0 Å². The molecule has 5 nitrogen and oxygen atoms in total. The summed E-state index contributed by atoms with van der Waals surface area (Å²) in [6.45, 7) is 6.04. The number of nitrogens with zero attached hydrogens (tertiary/aromatic N) is 1. The molecule has 128 valence electrons. The smallest absolute Gasteiger partial charge is 0.274 e. The highest BCUT2D eigenvalue weighted by Crippen LogP contribution is 2.26. The first-order chi connectivity index (χ1) is 12.1. The number of nitrogens with one attached hydrogen (secondary N) is 1. The fourth-order valence-corrected chi connectivity index (χ4v) is 2.76. The first kappa shape index (κ1) is 16.8. The van der Waals surface area contributed by atoms with Crippen LogP contribution in [0.1, 0.15) is 34.4 Å². The van der Waals surface area contributed by atoms with Crippen LogP contribution in [0.5, 0.6) is 5.75 Å². The van der Waals surface area contributed by atoms with Gasteiger partial charge in [-0.2, -0.15) is 5.10 Å². The topological polar surface area (TPSA) is 63.8 Å². The van der Waals surface area contributed by atoms with Gasteiger partial charge in [0, 0.05) is 5.56 Å². The number of aryl methyl sites for hydroxylation is 2. The van der Waals surface area contributed by atoms with E-state index in [1.54, 1.807) is 26.1 Å². The molecule has 0 spiro atoms. The summed E-state index contributed by atoms with van der Waals surface area (Å²) in [5.74, 6) is 1.70. The maximum Gasteiger partial charge on any atom is 0.274 e. The van der Waals surface area contributed by atoms with Gasteiger partial charge in [-0.15, -0.1) is 0 Å². The van der Waals surface area contributed by atoms with Crippen LogP contribution in [0, 0.1) is 13.8 Å². The summed E-state index contributed by atoms with van der Waals surface area (Å²) in [4.78, 5) is 12.2. The van der Waals surface area contributed by atoms with E-state index in [0.717, 1.165) is 22.1 Å². The predicted octanol–water partition coefficient (Wildman–Crippen LogP) is 4.21. The molecule has 0 bridgehead atoms. The van der Waals surface area contributed by atoms with Gasteiger partial charge in [0.2, 0.25) is 0 Å². The molecule has 1 N–H and O–H groups in total. The summed E-state index contributed by atoms with van der Waals surface area (Å²) in [5, 5.41) is 6.21. The number of furan rings is 1. The van der Waals surface area contributed by atoms with Crippen LogP contribution in [-0.2, 0) is 0 Å². The van der Waals surface area contributed by atoms with Crippen LogP contribution in [0.3, 0.4) is 0 Å². The van der Waals surface area contributed by atoms with Crippen molar-refractivity contribution in [2.75, 3.05) is 6.61 Å². The largest absolute Gasteiger partial charge is 0.493 e. The lowest BCUT2D eigenvalue weighted by Crippen LogP contribution is -2.17. The van der Waals surface area contributed by atoms with Gasteiger partial charge >= 0.3 is 0 Å². The lowest BCUT2D eigenvalue weighted by atomic mass is 10.0. The van der Waals surface area contributed by atoms with E-state index in [4.69, 9.17) is 9.15 Å². The molecule has 0 saturated heterocycles. The molecule has 0 aliphatic heterocycles. The van der Waals surface area contributed by atoms with E-state index in [-0.39, 0.29) is 5.91 Å². The molecule has 3 rings (SSSR count). The Bertz CT molecular complexity index is 941. The molecule has 25 heavy (non-hydrogen) atoms. The first-order valence-corrected chi connectivity index (χ1v) is 8.15. The molecular weight excluding hydrogens is 316 g/mol. The zero-order chi connectivity index (χ0) is 17.8. The maximum absolute atomic E-state index is 12.2. The molecule has 0 radical (unpaired) electrons. The number of carbonyl (C=O) groups excluding carboxylic acids is 1. The van der Waals surface area contributed by atoms with Crippen molar-refractivity contribution in [2.45, 2.75) is 20.8 Å². The van der Waals surface area contributed by atoms with E-state index in [1.807, 2.05) is 43.3 Å². The van der Waals surface area contributed by atoms with E-state index >= 15 is 0 Å². The SMILES string of the molecule is CCOc1ccc2ccccc2c1/C=N\NC(=O)c1cc(C)oc1C. The average molecular weight is 336 g/mol. The number of hydrogen-bond acceptors (Lipinski definition) is 4. The van der Waals surface area contributed by atoms with Gasteiger partial charge in [0.05, 0.1) is 18.4 Å². The molecule has 0 atom stereocenters. The molecule has 0 aliphatic carbocycles. The second kappa shape index (κ2) is 7.21. The summed E-state index contributed by atoms with van der Waals surface area (Å²) < 4.78 is 11.1. The summed E-state index contributed by atoms with van der Waals surface area (Å²) in [6.07, 6.45) is 1.62. The molecule has 0 fully saturated rings. The van der Waals surface area contributed by atoms with Gasteiger partial charge in [0.15, 0.2) is 0 Å². The zero-order valence-corrected chi connectivity index (χ0v) is 14.5. The van der Waals surface area contributed by atoms with E-state index in [2.05, 4.69) is 10.5 Å². The van der Waals surface area contributed by atoms with Crippen molar-refractivity contribution in [3.63, 3.8) is 0 Å². The zero-order valence-electron chi connectivity index (χ0n) is 14.5. The Morgan fingerprint density at radius 2 is 2.04 bits per heavy atom. The number of amides is 1. The standard InChI is InChI=1S/C20H20N2O3/c1-4-24-19-10-9-15-7-5-6-8-16(15)18(19)12-21-22-20(23)17-11-13(2)25-14(17)3/h5-12H,4H2,1-3H3,(H,22,23)/b21-12-. The highest BCUT2D eigenvalue weighted by molar-refractivity contribution is 6.03. The maximum atomic E-state index is 12.2. The van der Waals surface area contributed by atoms with E-state index < -0.39 is 0 Å². The number of rotatable bonds is 5. The van der Waals surface area contributed by atoms with Crippen molar-refractivity contribution < 1.29 is 13.9 Å². The molecule has 0 unspecified atom stereocenters. The van der Waals surface area contributed by atoms with Gasteiger partial charge < -0.3 is 9.15 Å². The van der Waals surface area contributed by atoms with Crippen molar-refractivity contribution in [3.8, 4) is 5.75 Å². The summed E-state index contributed by atoms with van der Waals surface area (Å²) in [6, 6.07) is 13.6. The van der Waals surface area contributed by atoms with Crippen molar-refractivity contribution in [1.29, 1.82) is 0 Å². The molecule has 1 amide bonds. The number of hydrogen-bond donors (Lipinski definition) is 1. The Morgan fingerprint density at radius 3 is 2.76 bits per heavy atom. The average Bonchev–Trinajstić information content (AvgIpc) is 2.95. The number of carbonyl (C=O) groups is 1. The van der Waals surface area contributed by atoms with Crippen molar-refractivity contribution in [3.05, 3.63) is 65.1 Å². The molecule has 3 aromatic rings. The molecule has 2 aromatic carbocycles. The van der Waals surface area contributed by atoms with E-state index in [0.29, 0.717) is 23.7 Å². The predicted molar refractivity (Wildman–Crippen MR) is 98.4 cm³/mol. The Balaban J connectivity index is 1.88. The number of hydrazone groups is 1. The second-order valence-electron chi connectivity index (χ2n) is 5.66. The van der Waals surface area contributed by atoms with Crippen LogP contribution in [0.15, 0.2) is 52.0 Å². The molecular formula is C20H20N2O3. The van der Waals surface area contributed by atoms with E-state index in [9.17, 15) is 4.79 Å². The fraction of sp³-hybridized carbons (Fsp3) is 0.200. The van der Waals surface area contributed by atoms with Gasteiger partial charge in [-0.1, -0.05) is 30.3 Å². The molecule has 1 aromatic heterocycles. The summed E-state index contributed by atoms with van der Waals surface area (Å²) in [5.41, 5.74) is 3.87. The van der Waals surface area contributed by atoms with E-state index in [1.165, 1.54) is 0 Å². The number of ether oxygens (including phenoxy) is 1. The summed E-state index contributed by atoms with van der Waals surface area (Å²) in [7, 11) is 0. The minimum atomic E-state index is -0.302. The number of fused-ring (bicyclic) bond motifs is 1. The Morgan fingerprint density at radius 1 is 1.24 bits per heavy atom. The molecule has 0 aliphatic rings. The lowest BCUT2D eigenvalue weighted by molar-refractivity contribution is 0.0953. The minimum Gasteiger partial charge on any atom is -0.493 e. The third kappa shape index (κ3) is 3.55. The molecule has 1 heterocycles. The number of benzene rings is 2. The first-order valence-electron chi connectivity index (χ1n) is 8.15. The summed E-state index contributed by atoms with van der Waals surface area (Å²) >= 11 is 0. The quantitative estimate of drug-likeness (QED) is 0.561. The fourth-order valence-electron chi connectivity index (χ4n) is 2.76. The van der Waals surface area contributed by atoms with Gasteiger partial charge in [-0.3, -0.25) is 4.79 Å². The Labute approximate surface area is 146 Å². The van der Waals surface area contributed by atoms with Gasteiger partial charge in [0.25, 0.3) is 5.91 Å². The molecule has 0 saturated carbocycles. The van der Waals surface area contributed by atoms with Crippen LogP contribution >= 0.6 is 0 Å². The highest BCUT2D eigenvalue weighted by Gasteiger charge is 2.13. The Kier molecular flexibility index (Phi) is 4.84. The van der Waals surface area contributed by atoms with Crippen LogP contribution in [0.25, 0.3) is 10.8 Å². The van der Waals surface area contributed by atoms with Crippen molar-refractivity contribution >= 4 is 22.9 Å². The lowest BCUT2D eigenvalue weighted by Gasteiger charge is -2.10. The Hall–Kier alpha value is -3.08. The van der Waals surface area contributed by atoms with Gasteiger partial charge in [-0.25, -0.2) is 5.43 Å². The van der Waals surface area contributed by atoms with Crippen LogP contribution < -0.4 is 10.2 Å². The van der Waals surface area contributed by atoms with Gasteiger partial charge in [0.1, 0.15) is 17.3 Å². The second-order valence-corrected chi connectivity index (χ2v) is 5.66. The van der Waals surface area contributed by atoms with Crippen LogP contribution in [0.4, 0.5) is 0 Å². The normalized spacial score (nSPS) is 11.2. The molecule has 5 heteroatoms. The van der Waals surface area contributed by atoms with Gasteiger partial charge in [-0.05, 0) is 43.7 Å². The third-order valence-corrected chi connectivity index (χ3v) is 3.88. The van der Waals surface area contributed by atoms with Crippen molar-refractivity contribution in [1.82, 2.24) is 5.43 Å². The monoisotopic (exact) mass is 336 g/mol. The van der Waals surface area contributed by atoms with Crippen LogP contribution in [-0.4, -0.2) is 18.7 Å². The minimum absolute atomic E-state index is 0.302.